The van der Waals surface area contributed by atoms with Gasteiger partial charge in [0.15, 0.2) is 0 Å². The van der Waals surface area contributed by atoms with Gasteiger partial charge in [-0.1, -0.05) is 23.2 Å². The van der Waals surface area contributed by atoms with Crippen LogP contribution in [0.4, 0.5) is 11.9 Å². The average molecular weight is 312 g/mol. The molecule has 7 heteroatoms. The maximum Gasteiger partial charge on any atom is 0.227 e. The molecule has 1 heterocycles. The van der Waals surface area contributed by atoms with Crippen LogP contribution in [-0.2, 0) is 6.42 Å². The molecule has 1 aromatic carbocycles. The number of aromatic nitrogens is 3. The Hall–Kier alpha value is -1.59. The first-order valence-electron chi connectivity index (χ1n) is 6.19. The van der Waals surface area contributed by atoms with Gasteiger partial charge < -0.3 is 11.1 Å². The van der Waals surface area contributed by atoms with Gasteiger partial charge in [-0.05, 0) is 43.5 Å². The molecule has 0 spiro atoms. The van der Waals surface area contributed by atoms with Gasteiger partial charge in [0.1, 0.15) is 6.33 Å². The molecule has 0 aliphatic carbocycles. The third kappa shape index (κ3) is 4.21. The summed E-state index contributed by atoms with van der Waals surface area (Å²) in [4.78, 5) is 11.7. The summed E-state index contributed by atoms with van der Waals surface area (Å²) >= 11 is 12.1. The third-order valence-electron chi connectivity index (χ3n) is 2.82. The van der Waals surface area contributed by atoms with E-state index in [9.17, 15) is 0 Å². The minimum atomic E-state index is 0.173. The predicted molar refractivity (Wildman–Crippen MR) is 82.1 cm³/mol. The van der Waals surface area contributed by atoms with Gasteiger partial charge in [0, 0.05) is 16.1 Å². The number of benzene rings is 1. The molecular weight excluding hydrogens is 297 g/mol. The van der Waals surface area contributed by atoms with Crippen LogP contribution in [0, 0.1) is 0 Å². The molecule has 0 saturated carbocycles. The van der Waals surface area contributed by atoms with Gasteiger partial charge in [0.05, 0.1) is 0 Å². The molecule has 0 fully saturated rings. The van der Waals surface area contributed by atoms with E-state index < -0.39 is 0 Å². The molecular formula is C13H15Cl2N5. The van der Waals surface area contributed by atoms with Gasteiger partial charge in [0.25, 0.3) is 0 Å². The zero-order valence-corrected chi connectivity index (χ0v) is 12.5. The Balaban J connectivity index is 1.92. The van der Waals surface area contributed by atoms with Crippen LogP contribution in [0.3, 0.4) is 0 Å². The van der Waals surface area contributed by atoms with E-state index in [1.54, 1.807) is 6.07 Å². The van der Waals surface area contributed by atoms with E-state index in [-0.39, 0.29) is 12.0 Å². The van der Waals surface area contributed by atoms with Crippen LogP contribution >= 0.6 is 23.2 Å². The van der Waals surface area contributed by atoms with E-state index in [1.165, 1.54) is 6.33 Å². The van der Waals surface area contributed by atoms with Crippen molar-refractivity contribution in [3.63, 3.8) is 0 Å². The Morgan fingerprint density at radius 2 is 2.10 bits per heavy atom. The van der Waals surface area contributed by atoms with E-state index in [0.29, 0.717) is 11.0 Å². The molecule has 2 aromatic rings. The molecule has 106 valence electrons. The normalized spacial score (nSPS) is 12.2. The van der Waals surface area contributed by atoms with Gasteiger partial charge in [-0.3, -0.25) is 0 Å². The number of rotatable bonds is 5. The summed E-state index contributed by atoms with van der Waals surface area (Å²) in [6, 6.07) is 5.65. The second kappa shape index (κ2) is 6.72. The average Bonchev–Trinajstić information content (AvgIpc) is 2.40. The monoisotopic (exact) mass is 311 g/mol. The van der Waals surface area contributed by atoms with Gasteiger partial charge in [-0.2, -0.15) is 4.98 Å². The SMILES string of the molecule is CC(CCc1cc(Cl)ccc1Cl)Nc1ncnc(N)n1. The zero-order chi connectivity index (χ0) is 14.5. The maximum absolute atomic E-state index is 6.13. The van der Waals surface area contributed by atoms with Crippen LogP contribution in [0.5, 0.6) is 0 Å². The molecule has 3 N–H and O–H groups in total. The fourth-order valence-corrected chi connectivity index (χ4v) is 2.18. The lowest BCUT2D eigenvalue weighted by Crippen LogP contribution is -2.18. The molecule has 0 aliphatic rings. The van der Waals surface area contributed by atoms with Crippen LogP contribution < -0.4 is 11.1 Å². The van der Waals surface area contributed by atoms with E-state index in [1.807, 2.05) is 19.1 Å². The number of halogens is 2. The number of nitrogen functional groups attached to an aromatic ring is 1. The molecule has 0 amide bonds. The molecule has 0 bridgehead atoms. The maximum atomic E-state index is 6.13. The smallest absolute Gasteiger partial charge is 0.227 e. The van der Waals surface area contributed by atoms with Crippen molar-refractivity contribution in [3.05, 3.63) is 40.1 Å². The minimum Gasteiger partial charge on any atom is -0.368 e. The topological polar surface area (TPSA) is 76.7 Å². The first kappa shape index (κ1) is 14.8. The second-order valence-electron chi connectivity index (χ2n) is 4.49. The van der Waals surface area contributed by atoms with Crippen LogP contribution in [0.1, 0.15) is 18.9 Å². The molecule has 20 heavy (non-hydrogen) atoms. The van der Waals surface area contributed by atoms with E-state index >= 15 is 0 Å². The van der Waals surface area contributed by atoms with Crippen LogP contribution in [0.25, 0.3) is 0 Å². The number of anilines is 2. The fraction of sp³-hybridized carbons (Fsp3) is 0.308. The fourth-order valence-electron chi connectivity index (χ4n) is 1.78. The molecule has 0 saturated heterocycles. The number of aryl methyl sites for hydroxylation is 1. The Morgan fingerprint density at radius 1 is 1.30 bits per heavy atom. The predicted octanol–water partition coefficient (Wildman–Crippen LogP) is 3.19. The number of hydrogen-bond acceptors (Lipinski definition) is 5. The first-order valence-corrected chi connectivity index (χ1v) is 6.95. The second-order valence-corrected chi connectivity index (χ2v) is 5.33. The lowest BCUT2D eigenvalue weighted by molar-refractivity contribution is 0.698. The van der Waals surface area contributed by atoms with Gasteiger partial charge in [-0.15, -0.1) is 0 Å². The minimum absolute atomic E-state index is 0.173. The molecule has 2 rings (SSSR count). The van der Waals surface area contributed by atoms with E-state index in [4.69, 9.17) is 28.9 Å². The van der Waals surface area contributed by atoms with Crippen molar-refractivity contribution >= 4 is 35.1 Å². The van der Waals surface area contributed by atoms with E-state index in [0.717, 1.165) is 23.4 Å². The highest BCUT2D eigenvalue weighted by molar-refractivity contribution is 6.33. The summed E-state index contributed by atoms with van der Waals surface area (Å²) < 4.78 is 0. The highest BCUT2D eigenvalue weighted by Gasteiger charge is 2.07. The molecule has 0 aliphatic heterocycles. The molecule has 1 atom stereocenters. The van der Waals surface area contributed by atoms with Crippen LogP contribution in [0.15, 0.2) is 24.5 Å². The number of nitrogens with zero attached hydrogens (tertiary/aromatic N) is 3. The third-order valence-corrected chi connectivity index (χ3v) is 3.42. The quantitative estimate of drug-likeness (QED) is 0.886. The summed E-state index contributed by atoms with van der Waals surface area (Å²) in [6.45, 7) is 2.04. The molecule has 5 nitrogen and oxygen atoms in total. The number of hydrogen-bond donors (Lipinski definition) is 2. The van der Waals surface area contributed by atoms with Gasteiger partial charge >= 0.3 is 0 Å². The summed E-state index contributed by atoms with van der Waals surface area (Å²) in [5.74, 6) is 0.676. The Bertz CT molecular complexity index is 591. The van der Waals surface area contributed by atoms with E-state index in [2.05, 4.69) is 20.3 Å². The van der Waals surface area contributed by atoms with Gasteiger partial charge in [0.2, 0.25) is 11.9 Å². The van der Waals surface area contributed by atoms with Crippen molar-refractivity contribution in [2.24, 2.45) is 0 Å². The highest BCUT2D eigenvalue weighted by atomic mass is 35.5. The lowest BCUT2D eigenvalue weighted by atomic mass is 10.1. The number of nitrogens with one attached hydrogen (secondary N) is 1. The Morgan fingerprint density at radius 3 is 2.85 bits per heavy atom. The van der Waals surface area contributed by atoms with Crippen molar-refractivity contribution in [1.82, 2.24) is 15.0 Å². The van der Waals surface area contributed by atoms with Crippen LogP contribution in [-0.4, -0.2) is 21.0 Å². The van der Waals surface area contributed by atoms with Crippen molar-refractivity contribution < 1.29 is 0 Å². The van der Waals surface area contributed by atoms with Crippen molar-refractivity contribution in [2.45, 2.75) is 25.8 Å². The Kier molecular flexibility index (Phi) is 4.98. The molecule has 1 aromatic heterocycles. The summed E-state index contributed by atoms with van der Waals surface area (Å²) in [7, 11) is 0. The van der Waals surface area contributed by atoms with Crippen LogP contribution in [0.2, 0.25) is 10.0 Å². The van der Waals surface area contributed by atoms with Crippen molar-refractivity contribution in [3.8, 4) is 0 Å². The summed E-state index contributed by atoms with van der Waals surface area (Å²) in [6.07, 6.45) is 3.06. The lowest BCUT2D eigenvalue weighted by Gasteiger charge is -2.14. The summed E-state index contributed by atoms with van der Waals surface area (Å²) in [5.41, 5.74) is 6.53. The number of nitrogens with two attached hydrogens (primary N) is 1. The molecule has 0 radical (unpaired) electrons. The first-order chi connectivity index (χ1) is 9.54. The highest BCUT2D eigenvalue weighted by Crippen LogP contribution is 2.22. The zero-order valence-electron chi connectivity index (χ0n) is 11.0. The van der Waals surface area contributed by atoms with Crippen molar-refractivity contribution in [2.75, 3.05) is 11.1 Å². The Labute approximate surface area is 127 Å². The van der Waals surface area contributed by atoms with Crippen molar-refractivity contribution in [1.29, 1.82) is 0 Å². The largest absolute Gasteiger partial charge is 0.368 e. The summed E-state index contributed by atoms with van der Waals surface area (Å²) in [5, 5.41) is 4.59. The molecule has 1 unspecified atom stereocenters. The standard InChI is InChI=1S/C13H15Cl2N5/c1-8(19-13-18-7-17-12(16)20-13)2-3-9-6-10(14)4-5-11(9)15/h4-8H,2-3H2,1H3,(H3,16,17,18,19,20). The van der Waals surface area contributed by atoms with Gasteiger partial charge in [-0.25, -0.2) is 9.97 Å².